The fraction of sp³-hybridized carbons (Fsp3) is 0.600. The van der Waals surface area contributed by atoms with Gasteiger partial charge in [-0.3, -0.25) is 5.10 Å². The third-order valence-corrected chi connectivity index (χ3v) is 2.97. The summed E-state index contributed by atoms with van der Waals surface area (Å²) in [7, 11) is 0. The molecule has 1 aliphatic carbocycles. The highest BCUT2D eigenvalue weighted by atomic mass is 16.4. The second-order valence-corrected chi connectivity index (χ2v) is 3.75. The lowest BCUT2D eigenvalue weighted by molar-refractivity contribution is 0.0689. The van der Waals surface area contributed by atoms with Crippen molar-refractivity contribution in [3.63, 3.8) is 0 Å². The van der Waals surface area contributed by atoms with Gasteiger partial charge in [-0.1, -0.05) is 13.3 Å². The molecule has 76 valence electrons. The molecule has 0 atom stereocenters. The monoisotopic (exact) mass is 194 g/mol. The summed E-state index contributed by atoms with van der Waals surface area (Å²) in [5, 5.41) is 15.6. The van der Waals surface area contributed by atoms with E-state index in [0.717, 1.165) is 30.5 Å². The molecule has 2 N–H and O–H groups in total. The van der Waals surface area contributed by atoms with Gasteiger partial charge in [-0.25, -0.2) is 4.79 Å². The van der Waals surface area contributed by atoms with Crippen LogP contribution in [0.2, 0.25) is 0 Å². The highest BCUT2D eigenvalue weighted by Gasteiger charge is 2.27. The van der Waals surface area contributed by atoms with Crippen LogP contribution in [0.15, 0.2) is 0 Å². The third-order valence-electron chi connectivity index (χ3n) is 2.97. The van der Waals surface area contributed by atoms with Gasteiger partial charge in [0.1, 0.15) is 0 Å². The van der Waals surface area contributed by atoms with E-state index in [9.17, 15) is 4.79 Å². The van der Waals surface area contributed by atoms with Crippen LogP contribution in [0.3, 0.4) is 0 Å². The van der Waals surface area contributed by atoms with Crippen LogP contribution in [0.4, 0.5) is 0 Å². The fourth-order valence-electron chi connectivity index (χ4n) is 1.95. The summed E-state index contributed by atoms with van der Waals surface area (Å²) in [5.74, 6) is -0.408. The van der Waals surface area contributed by atoms with E-state index in [1.54, 1.807) is 0 Å². The molecular weight excluding hydrogens is 180 g/mol. The average molecular weight is 194 g/mol. The van der Waals surface area contributed by atoms with E-state index in [0.29, 0.717) is 5.92 Å². The zero-order valence-electron chi connectivity index (χ0n) is 8.21. The Morgan fingerprint density at radius 3 is 2.79 bits per heavy atom. The van der Waals surface area contributed by atoms with Gasteiger partial charge in [-0.05, 0) is 19.3 Å². The summed E-state index contributed by atoms with van der Waals surface area (Å²) in [6.07, 6.45) is 4.31. The minimum atomic E-state index is -0.927. The normalized spacial score (nSPS) is 16.6. The van der Waals surface area contributed by atoms with Crippen molar-refractivity contribution in [2.75, 3.05) is 0 Å². The maximum absolute atomic E-state index is 10.8. The van der Waals surface area contributed by atoms with Gasteiger partial charge in [0.15, 0.2) is 5.69 Å². The van der Waals surface area contributed by atoms with Gasteiger partial charge in [0, 0.05) is 17.2 Å². The summed E-state index contributed by atoms with van der Waals surface area (Å²) in [4.78, 5) is 10.8. The summed E-state index contributed by atoms with van der Waals surface area (Å²) >= 11 is 0. The minimum absolute atomic E-state index is 0.203. The molecule has 1 aromatic heterocycles. The van der Waals surface area contributed by atoms with E-state index in [-0.39, 0.29) is 5.69 Å². The molecule has 0 saturated heterocycles. The molecule has 2 rings (SSSR count). The first kappa shape index (κ1) is 9.24. The molecule has 1 aromatic rings. The third kappa shape index (κ3) is 1.31. The van der Waals surface area contributed by atoms with Crippen LogP contribution in [-0.2, 0) is 6.42 Å². The molecule has 0 unspecified atom stereocenters. The first-order valence-corrected chi connectivity index (χ1v) is 5.04. The number of nitrogens with zero attached hydrogens (tertiary/aromatic N) is 1. The molecule has 1 saturated carbocycles. The standard InChI is InChI=1S/C10H14N2O2/c1-2-7-8(6-4-3-5-6)11-12-9(7)10(13)14/h6H,2-5H2,1H3,(H,11,12)(H,13,14). The van der Waals surface area contributed by atoms with E-state index >= 15 is 0 Å². The maximum Gasteiger partial charge on any atom is 0.356 e. The van der Waals surface area contributed by atoms with E-state index in [4.69, 9.17) is 5.11 Å². The van der Waals surface area contributed by atoms with Crippen molar-refractivity contribution in [2.45, 2.75) is 38.5 Å². The topological polar surface area (TPSA) is 66.0 Å². The van der Waals surface area contributed by atoms with Crippen molar-refractivity contribution >= 4 is 5.97 Å². The Kier molecular flexibility index (Phi) is 2.27. The molecule has 0 bridgehead atoms. The SMILES string of the molecule is CCc1c(C(=O)O)n[nH]c1C1CCC1. The van der Waals surface area contributed by atoms with Gasteiger partial charge in [-0.2, -0.15) is 5.10 Å². The van der Waals surface area contributed by atoms with E-state index < -0.39 is 5.97 Å². The van der Waals surface area contributed by atoms with E-state index in [1.165, 1.54) is 6.42 Å². The van der Waals surface area contributed by atoms with Crippen molar-refractivity contribution in [3.8, 4) is 0 Å². The predicted molar refractivity (Wildman–Crippen MR) is 51.5 cm³/mol. The number of aromatic amines is 1. The Hall–Kier alpha value is -1.32. The Bertz CT molecular complexity index is 353. The largest absolute Gasteiger partial charge is 0.476 e. The number of carboxylic acid groups (broad SMARTS) is 1. The number of rotatable bonds is 3. The maximum atomic E-state index is 10.8. The molecule has 0 aromatic carbocycles. The fourth-order valence-corrected chi connectivity index (χ4v) is 1.95. The second kappa shape index (κ2) is 3.44. The lowest BCUT2D eigenvalue weighted by Gasteiger charge is -2.24. The number of carbonyl (C=O) groups is 1. The van der Waals surface area contributed by atoms with Gasteiger partial charge in [0.2, 0.25) is 0 Å². The number of hydrogen-bond acceptors (Lipinski definition) is 2. The molecule has 0 amide bonds. The number of hydrogen-bond donors (Lipinski definition) is 2. The summed E-state index contributed by atoms with van der Waals surface area (Å²) in [6.45, 7) is 1.97. The molecular formula is C10H14N2O2. The molecule has 4 nitrogen and oxygen atoms in total. The van der Waals surface area contributed by atoms with Crippen molar-refractivity contribution in [3.05, 3.63) is 17.0 Å². The van der Waals surface area contributed by atoms with Crippen molar-refractivity contribution in [1.82, 2.24) is 10.2 Å². The Labute approximate surface area is 82.3 Å². The zero-order valence-corrected chi connectivity index (χ0v) is 8.21. The Balaban J connectivity index is 2.35. The van der Waals surface area contributed by atoms with Crippen LogP contribution >= 0.6 is 0 Å². The van der Waals surface area contributed by atoms with Crippen LogP contribution in [0.25, 0.3) is 0 Å². The quantitative estimate of drug-likeness (QED) is 0.772. The van der Waals surface area contributed by atoms with Crippen LogP contribution in [0, 0.1) is 0 Å². The van der Waals surface area contributed by atoms with Gasteiger partial charge in [0.25, 0.3) is 0 Å². The minimum Gasteiger partial charge on any atom is -0.476 e. The summed E-state index contributed by atoms with van der Waals surface area (Å²) in [5.41, 5.74) is 2.15. The van der Waals surface area contributed by atoms with Crippen molar-refractivity contribution in [1.29, 1.82) is 0 Å². The number of aromatic nitrogens is 2. The van der Waals surface area contributed by atoms with Gasteiger partial charge in [0.05, 0.1) is 0 Å². The van der Waals surface area contributed by atoms with Crippen LogP contribution < -0.4 is 0 Å². The Morgan fingerprint density at radius 1 is 1.64 bits per heavy atom. The van der Waals surface area contributed by atoms with E-state index in [2.05, 4.69) is 10.2 Å². The Morgan fingerprint density at radius 2 is 2.36 bits per heavy atom. The van der Waals surface area contributed by atoms with Gasteiger partial charge in [-0.15, -0.1) is 0 Å². The molecule has 1 aliphatic rings. The van der Waals surface area contributed by atoms with Gasteiger partial charge >= 0.3 is 5.97 Å². The molecule has 4 heteroatoms. The summed E-state index contributed by atoms with van der Waals surface area (Å²) in [6, 6.07) is 0. The average Bonchev–Trinajstić information content (AvgIpc) is 2.44. The lowest BCUT2D eigenvalue weighted by Crippen LogP contribution is -2.11. The smallest absolute Gasteiger partial charge is 0.356 e. The van der Waals surface area contributed by atoms with Crippen molar-refractivity contribution in [2.24, 2.45) is 0 Å². The van der Waals surface area contributed by atoms with E-state index in [1.807, 2.05) is 6.92 Å². The first-order valence-electron chi connectivity index (χ1n) is 5.04. The molecule has 0 aliphatic heterocycles. The van der Waals surface area contributed by atoms with Crippen LogP contribution in [-0.4, -0.2) is 21.3 Å². The molecule has 14 heavy (non-hydrogen) atoms. The molecule has 1 fully saturated rings. The van der Waals surface area contributed by atoms with Crippen molar-refractivity contribution < 1.29 is 9.90 Å². The molecule has 1 heterocycles. The second-order valence-electron chi connectivity index (χ2n) is 3.75. The number of nitrogens with one attached hydrogen (secondary N) is 1. The van der Waals surface area contributed by atoms with Crippen LogP contribution in [0.1, 0.15) is 53.8 Å². The predicted octanol–water partition coefficient (Wildman–Crippen LogP) is 1.94. The molecule has 0 radical (unpaired) electrons. The zero-order chi connectivity index (χ0) is 10.1. The molecule has 0 spiro atoms. The number of H-pyrrole nitrogens is 1. The van der Waals surface area contributed by atoms with Gasteiger partial charge < -0.3 is 5.11 Å². The lowest BCUT2D eigenvalue weighted by atomic mass is 9.81. The first-order chi connectivity index (χ1) is 6.74. The summed E-state index contributed by atoms with van der Waals surface area (Å²) < 4.78 is 0. The highest BCUT2D eigenvalue weighted by Crippen LogP contribution is 2.37. The number of carboxylic acids is 1. The highest BCUT2D eigenvalue weighted by molar-refractivity contribution is 5.87. The van der Waals surface area contributed by atoms with Crippen LogP contribution in [0.5, 0.6) is 0 Å². The number of aromatic carboxylic acids is 1.